The van der Waals surface area contributed by atoms with E-state index in [-0.39, 0.29) is 23.5 Å². The minimum absolute atomic E-state index is 0.226. The van der Waals surface area contributed by atoms with E-state index < -0.39 is 0 Å². The van der Waals surface area contributed by atoms with Crippen molar-refractivity contribution >= 4 is 22.7 Å². The average molecular weight is 664 g/mol. The van der Waals surface area contributed by atoms with Crippen LogP contribution in [0, 0.1) is 0 Å². The van der Waals surface area contributed by atoms with Gasteiger partial charge in [-0.2, -0.15) is 9.78 Å². The van der Waals surface area contributed by atoms with Crippen molar-refractivity contribution in [1.29, 1.82) is 0 Å². The van der Waals surface area contributed by atoms with Gasteiger partial charge in [-0.1, -0.05) is 6.42 Å². The van der Waals surface area contributed by atoms with Crippen molar-refractivity contribution in [3.63, 3.8) is 0 Å². The minimum Gasteiger partial charge on any atom is -0.392 e. The second-order valence-electron chi connectivity index (χ2n) is 13.4. The number of fused-ring (bicyclic) bond motifs is 3. The van der Waals surface area contributed by atoms with Crippen LogP contribution in [0.3, 0.4) is 0 Å². The molecular formula is C36H41N9O4. The first-order valence-corrected chi connectivity index (χ1v) is 17.1. The third kappa shape index (κ3) is 5.71. The molecule has 0 bridgehead atoms. The molecule has 2 aliphatic heterocycles. The second kappa shape index (κ2) is 12.9. The van der Waals surface area contributed by atoms with Gasteiger partial charge in [0.15, 0.2) is 5.82 Å². The molecule has 0 saturated carbocycles. The van der Waals surface area contributed by atoms with Crippen LogP contribution in [0.2, 0.25) is 0 Å². The van der Waals surface area contributed by atoms with E-state index >= 15 is 0 Å². The molecule has 1 aliphatic carbocycles. The number of anilines is 3. The maximum Gasteiger partial charge on any atom is 0.297 e. The molecule has 13 nitrogen and oxygen atoms in total. The van der Waals surface area contributed by atoms with Gasteiger partial charge >= 0.3 is 0 Å². The van der Waals surface area contributed by atoms with Crippen LogP contribution in [-0.4, -0.2) is 83.7 Å². The highest BCUT2D eigenvalue weighted by molar-refractivity contribution is 5.73. The largest absolute Gasteiger partial charge is 0.392 e. The zero-order valence-electron chi connectivity index (χ0n) is 27.9. The molecule has 8 rings (SSSR count). The van der Waals surface area contributed by atoms with Crippen LogP contribution in [0.15, 0.2) is 64.8 Å². The van der Waals surface area contributed by atoms with E-state index in [1.165, 1.54) is 21.2 Å². The average Bonchev–Trinajstić information content (AvgIpc) is 3.27. The SMILES string of the molecule is C[C@H]1CN(C2COC2)CCN1c1ccc(Nc2cc(-c3ccnc(-n4ncn5c6c(cc5c4=O)CCCCC6)c3CO)cn(C)c2=O)nc1. The van der Waals surface area contributed by atoms with Crippen LogP contribution >= 0.6 is 0 Å². The number of aliphatic hydroxyl groups excluding tert-OH is 1. The predicted molar refractivity (Wildman–Crippen MR) is 187 cm³/mol. The van der Waals surface area contributed by atoms with E-state index in [2.05, 4.69) is 37.1 Å². The van der Waals surface area contributed by atoms with E-state index in [1.807, 2.05) is 28.8 Å². The Kier molecular flexibility index (Phi) is 8.26. The molecule has 7 heterocycles. The number of hydrogen-bond acceptors (Lipinski definition) is 10. The minimum atomic E-state index is -0.384. The topological polar surface area (TPSA) is 135 Å². The lowest BCUT2D eigenvalue weighted by atomic mass is 10.0. The first kappa shape index (κ1) is 31.4. The van der Waals surface area contributed by atoms with Crippen LogP contribution in [-0.2, 0) is 31.2 Å². The molecule has 0 unspecified atom stereocenters. The zero-order chi connectivity index (χ0) is 33.6. The Hall–Kier alpha value is -4.85. The van der Waals surface area contributed by atoms with Gasteiger partial charge in [-0.15, -0.1) is 0 Å². The smallest absolute Gasteiger partial charge is 0.297 e. The molecule has 5 aromatic heterocycles. The fraction of sp³-hybridized carbons (Fsp3) is 0.417. The summed E-state index contributed by atoms with van der Waals surface area (Å²) in [4.78, 5) is 41.1. The second-order valence-corrected chi connectivity index (χ2v) is 13.4. The Morgan fingerprint density at radius 2 is 1.88 bits per heavy atom. The van der Waals surface area contributed by atoms with Gasteiger partial charge in [0.2, 0.25) is 0 Å². The molecule has 3 aliphatic rings. The van der Waals surface area contributed by atoms with Crippen LogP contribution in [0.5, 0.6) is 0 Å². The summed E-state index contributed by atoms with van der Waals surface area (Å²) in [5.74, 6) is 0.795. The third-order valence-electron chi connectivity index (χ3n) is 10.3. The number of piperazine rings is 1. The van der Waals surface area contributed by atoms with Gasteiger partial charge in [0.1, 0.15) is 23.3 Å². The molecule has 5 aromatic rings. The number of pyridine rings is 3. The van der Waals surface area contributed by atoms with Gasteiger partial charge in [0, 0.05) is 61.9 Å². The summed E-state index contributed by atoms with van der Waals surface area (Å²) in [6.45, 7) is 6.38. The van der Waals surface area contributed by atoms with Crippen molar-refractivity contribution in [2.45, 2.75) is 57.7 Å². The fourth-order valence-electron chi connectivity index (χ4n) is 7.55. The summed E-state index contributed by atoms with van der Waals surface area (Å²) in [7, 11) is 1.68. The Morgan fingerprint density at radius 1 is 1.02 bits per heavy atom. The molecule has 2 saturated heterocycles. The van der Waals surface area contributed by atoms with Gasteiger partial charge in [-0.25, -0.2) is 9.97 Å². The van der Waals surface area contributed by atoms with Crippen molar-refractivity contribution in [1.82, 2.24) is 33.6 Å². The van der Waals surface area contributed by atoms with Gasteiger partial charge in [0.25, 0.3) is 11.1 Å². The number of aliphatic hydroxyl groups is 1. The summed E-state index contributed by atoms with van der Waals surface area (Å²) >= 11 is 0. The Bertz CT molecular complexity index is 2130. The van der Waals surface area contributed by atoms with E-state index in [0.29, 0.717) is 45.8 Å². The normalized spacial score (nSPS) is 18.7. The fourth-order valence-corrected chi connectivity index (χ4v) is 7.55. The summed E-state index contributed by atoms with van der Waals surface area (Å²) in [5.41, 5.74) is 5.48. The number of ether oxygens (including phenoxy) is 1. The predicted octanol–water partition coefficient (Wildman–Crippen LogP) is 3.06. The van der Waals surface area contributed by atoms with E-state index in [9.17, 15) is 14.7 Å². The summed E-state index contributed by atoms with van der Waals surface area (Å²) in [5, 5.41) is 18.3. The van der Waals surface area contributed by atoms with Crippen LogP contribution in [0.1, 0.15) is 43.0 Å². The molecule has 13 heteroatoms. The van der Waals surface area contributed by atoms with Gasteiger partial charge < -0.3 is 24.6 Å². The number of hydrogen-bond donors (Lipinski definition) is 2. The molecular weight excluding hydrogens is 622 g/mol. The molecule has 1 atom stereocenters. The number of nitrogens with zero attached hydrogens (tertiary/aromatic N) is 8. The van der Waals surface area contributed by atoms with E-state index in [0.717, 1.165) is 69.9 Å². The lowest BCUT2D eigenvalue weighted by molar-refractivity contribution is -0.0691. The van der Waals surface area contributed by atoms with Crippen molar-refractivity contribution in [3.8, 4) is 16.9 Å². The van der Waals surface area contributed by atoms with Crippen LogP contribution in [0.25, 0.3) is 22.5 Å². The molecule has 254 valence electrons. The standard InChI is InChI=1S/C36H41N9O4/c1-23-17-42(27-20-49-21-27)12-13-43(23)26-8-9-33(38-16-26)40-30-14-25(18-41(2)35(30)47)28-10-11-37-34(29(28)19-46)45-36(48)32-15-24-6-4-3-5-7-31(24)44(32)22-39-45/h8-11,14-16,18,22-23,27,46H,3-7,12-13,17,19-21H2,1-2H3,(H,38,40)/t23-/m0/s1. The Balaban J connectivity index is 1.08. The molecule has 0 amide bonds. The first-order chi connectivity index (χ1) is 23.9. The van der Waals surface area contributed by atoms with Gasteiger partial charge in [-0.3, -0.25) is 18.9 Å². The summed E-state index contributed by atoms with van der Waals surface area (Å²) < 4.78 is 10.0. The van der Waals surface area contributed by atoms with Crippen molar-refractivity contribution in [3.05, 3.63) is 92.8 Å². The van der Waals surface area contributed by atoms with E-state index in [1.54, 1.807) is 37.9 Å². The lowest BCUT2D eigenvalue weighted by Gasteiger charge is -2.46. The zero-order valence-corrected chi connectivity index (χ0v) is 27.9. The molecule has 0 aromatic carbocycles. The van der Waals surface area contributed by atoms with Gasteiger partial charge in [-0.05, 0) is 74.1 Å². The lowest BCUT2D eigenvalue weighted by Crippen LogP contribution is -2.59. The van der Waals surface area contributed by atoms with Crippen molar-refractivity contribution < 1.29 is 9.84 Å². The summed E-state index contributed by atoms with van der Waals surface area (Å²) in [6.07, 6.45) is 12.1. The third-order valence-corrected chi connectivity index (χ3v) is 10.3. The highest BCUT2D eigenvalue weighted by atomic mass is 16.5. The number of nitrogens with one attached hydrogen (secondary N) is 1. The van der Waals surface area contributed by atoms with Crippen molar-refractivity contribution in [2.24, 2.45) is 7.05 Å². The van der Waals surface area contributed by atoms with E-state index in [4.69, 9.17) is 4.74 Å². The first-order valence-electron chi connectivity index (χ1n) is 17.1. The number of aryl methyl sites for hydroxylation is 3. The maximum atomic E-state index is 13.8. The highest BCUT2D eigenvalue weighted by Crippen LogP contribution is 2.30. The Morgan fingerprint density at radius 3 is 2.63 bits per heavy atom. The van der Waals surface area contributed by atoms with Gasteiger partial charge in [0.05, 0.1) is 37.7 Å². The van der Waals surface area contributed by atoms with Crippen molar-refractivity contribution in [2.75, 3.05) is 43.1 Å². The quantitative estimate of drug-likeness (QED) is 0.250. The number of rotatable bonds is 7. The van der Waals surface area contributed by atoms with Crippen LogP contribution in [0.4, 0.5) is 17.2 Å². The molecule has 0 radical (unpaired) electrons. The molecule has 2 fully saturated rings. The number of aromatic nitrogens is 6. The maximum absolute atomic E-state index is 13.8. The van der Waals surface area contributed by atoms with Crippen LogP contribution < -0.4 is 21.3 Å². The molecule has 49 heavy (non-hydrogen) atoms. The molecule has 2 N–H and O–H groups in total. The highest BCUT2D eigenvalue weighted by Gasteiger charge is 2.32. The summed E-state index contributed by atoms with van der Waals surface area (Å²) in [6, 6.07) is 10.3. The molecule has 0 spiro atoms. The monoisotopic (exact) mass is 663 g/mol. The Labute approximate surface area is 283 Å².